The number of hydrogen-bond donors (Lipinski definition) is 1. The summed E-state index contributed by atoms with van der Waals surface area (Å²) >= 11 is 0. The van der Waals surface area contributed by atoms with Gasteiger partial charge in [-0.05, 0) is 6.92 Å². The number of aromatic nitrogens is 1. The van der Waals surface area contributed by atoms with Gasteiger partial charge in [0.05, 0.1) is 11.3 Å². The van der Waals surface area contributed by atoms with Crippen LogP contribution in [0.1, 0.15) is 17.7 Å². The molecule has 0 saturated carbocycles. The largest absolute Gasteiger partial charge is 0.505 e. The zero-order valence-corrected chi connectivity index (χ0v) is 8.98. The Morgan fingerprint density at radius 2 is 2.07 bits per heavy atom. The molecular formula is C7H6ClF2NO3S. The van der Waals surface area contributed by atoms with E-state index in [1.807, 2.05) is 0 Å². The van der Waals surface area contributed by atoms with E-state index in [9.17, 15) is 22.3 Å². The van der Waals surface area contributed by atoms with E-state index in [2.05, 4.69) is 4.98 Å². The monoisotopic (exact) mass is 257 g/mol. The number of nitrogens with zero attached hydrogens (tertiary/aromatic N) is 1. The van der Waals surface area contributed by atoms with E-state index in [0.29, 0.717) is 6.20 Å². The Morgan fingerprint density at radius 1 is 1.53 bits per heavy atom. The fourth-order valence-electron chi connectivity index (χ4n) is 1.00. The van der Waals surface area contributed by atoms with Crippen molar-refractivity contribution >= 4 is 19.7 Å². The maximum Gasteiger partial charge on any atom is 0.268 e. The van der Waals surface area contributed by atoms with Gasteiger partial charge < -0.3 is 5.11 Å². The number of halogens is 3. The topological polar surface area (TPSA) is 67.3 Å². The molecule has 1 aromatic heterocycles. The second kappa shape index (κ2) is 3.90. The third-order valence-corrected chi connectivity index (χ3v) is 3.07. The molecule has 0 atom stereocenters. The van der Waals surface area contributed by atoms with E-state index in [1.165, 1.54) is 6.92 Å². The van der Waals surface area contributed by atoms with Crippen LogP contribution in [0.5, 0.6) is 5.75 Å². The second-order valence-corrected chi connectivity index (χ2v) is 5.24. The molecular weight excluding hydrogens is 252 g/mol. The summed E-state index contributed by atoms with van der Waals surface area (Å²) in [4.78, 5) is 2.57. The third-order valence-electron chi connectivity index (χ3n) is 1.72. The standard InChI is InChI=1S/C7H6ClF2NO3S/c1-3-6(12)5(7(9)10)4(2-11-3)15(8,13)14/h2,7,12H,1H3. The number of alkyl halides is 2. The molecule has 0 bridgehead atoms. The summed E-state index contributed by atoms with van der Waals surface area (Å²) in [6.07, 6.45) is -2.45. The van der Waals surface area contributed by atoms with Crippen LogP contribution in [-0.2, 0) is 9.05 Å². The van der Waals surface area contributed by atoms with E-state index < -0.39 is 31.7 Å². The van der Waals surface area contributed by atoms with Crippen molar-refractivity contribution in [1.82, 2.24) is 4.98 Å². The van der Waals surface area contributed by atoms with Crippen LogP contribution in [0.15, 0.2) is 11.1 Å². The van der Waals surface area contributed by atoms with E-state index in [0.717, 1.165) is 0 Å². The van der Waals surface area contributed by atoms with Gasteiger partial charge >= 0.3 is 0 Å². The van der Waals surface area contributed by atoms with Crippen LogP contribution < -0.4 is 0 Å². The minimum Gasteiger partial charge on any atom is -0.505 e. The van der Waals surface area contributed by atoms with Gasteiger partial charge in [0.15, 0.2) is 0 Å². The van der Waals surface area contributed by atoms with Crippen molar-refractivity contribution in [1.29, 1.82) is 0 Å². The van der Waals surface area contributed by atoms with Gasteiger partial charge in [-0.3, -0.25) is 4.98 Å². The number of aryl methyl sites for hydroxylation is 1. The van der Waals surface area contributed by atoms with Gasteiger partial charge in [-0.2, -0.15) is 0 Å². The molecule has 0 aliphatic rings. The average molecular weight is 258 g/mol. The molecule has 0 saturated heterocycles. The van der Waals surface area contributed by atoms with E-state index in [-0.39, 0.29) is 5.69 Å². The van der Waals surface area contributed by atoms with Crippen LogP contribution in [0, 0.1) is 6.92 Å². The van der Waals surface area contributed by atoms with E-state index in [4.69, 9.17) is 10.7 Å². The first-order valence-corrected chi connectivity index (χ1v) is 5.97. The highest BCUT2D eigenvalue weighted by Gasteiger charge is 2.27. The number of pyridine rings is 1. The van der Waals surface area contributed by atoms with Crippen molar-refractivity contribution in [3.05, 3.63) is 17.5 Å². The molecule has 0 aliphatic carbocycles. The highest BCUT2D eigenvalue weighted by molar-refractivity contribution is 8.13. The van der Waals surface area contributed by atoms with Gasteiger partial charge in [0.1, 0.15) is 10.6 Å². The van der Waals surface area contributed by atoms with Gasteiger partial charge in [-0.25, -0.2) is 17.2 Å². The molecule has 0 unspecified atom stereocenters. The Bertz CT molecular complexity index is 489. The first-order chi connectivity index (χ1) is 6.75. The molecule has 1 N–H and O–H groups in total. The van der Waals surface area contributed by atoms with E-state index in [1.54, 1.807) is 0 Å². The van der Waals surface area contributed by atoms with E-state index >= 15 is 0 Å². The molecule has 1 heterocycles. The van der Waals surface area contributed by atoms with Crippen molar-refractivity contribution in [2.75, 3.05) is 0 Å². The summed E-state index contributed by atoms with van der Waals surface area (Å²) in [5.74, 6) is -0.855. The Kier molecular flexibility index (Phi) is 3.15. The molecule has 0 amide bonds. The number of rotatable bonds is 2. The predicted molar refractivity (Wildman–Crippen MR) is 48.6 cm³/mol. The number of hydrogen-bond acceptors (Lipinski definition) is 4. The normalized spacial score (nSPS) is 12.1. The fourth-order valence-corrected chi connectivity index (χ4v) is 2.00. The molecule has 0 fully saturated rings. The summed E-state index contributed by atoms with van der Waals surface area (Å²) < 4.78 is 46.8. The molecule has 1 rings (SSSR count). The first kappa shape index (κ1) is 12.1. The van der Waals surface area contributed by atoms with Gasteiger partial charge in [0.2, 0.25) is 0 Å². The summed E-state index contributed by atoms with van der Waals surface area (Å²) in [7, 11) is 0.572. The molecule has 0 aliphatic heterocycles. The summed E-state index contributed by atoms with van der Waals surface area (Å²) in [6, 6.07) is 0. The lowest BCUT2D eigenvalue weighted by Crippen LogP contribution is -2.02. The minimum absolute atomic E-state index is 0.0885. The molecule has 0 aromatic carbocycles. The lowest BCUT2D eigenvalue weighted by atomic mass is 10.2. The third kappa shape index (κ3) is 2.35. The quantitative estimate of drug-likeness (QED) is 0.823. The fraction of sp³-hybridized carbons (Fsp3) is 0.286. The average Bonchev–Trinajstić information content (AvgIpc) is 2.06. The Hall–Kier alpha value is -0.950. The van der Waals surface area contributed by atoms with Crippen molar-refractivity contribution in [2.45, 2.75) is 18.2 Å². The zero-order chi connectivity index (χ0) is 11.8. The van der Waals surface area contributed by atoms with Crippen LogP contribution in [-0.4, -0.2) is 18.5 Å². The van der Waals surface area contributed by atoms with Crippen LogP contribution in [0.25, 0.3) is 0 Å². The zero-order valence-electron chi connectivity index (χ0n) is 7.41. The van der Waals surface area contributed by atoms with Crippen molar-refractivity contribution in [2.24, 2.45) is 0 Å². The summed E-state index contributed by atoms with van der Waals surface area (Å²) in [6.45, 7) is 1.27. The maximum atomic E-state index is 12.5. The Morgan fingerprint density at radius 3 is 2.47 bits per heavy atom. The Labute approximate surface area is 88.9 Å². The van der Waals surface area contributed by atoms with Crippen LogP contribution in [0.2, 0.25) is 0 Å². The summed E-state index contributed by atoms with van der Waals surface area (Å²) in [5.41, 5.74) is -1.10. The predicted octanol–water partition coefficient (Wildman–Crippen LogP) is 1.96. The van der Waals surface area contributed by atoms with Gasteiger partial charge in [-0.1, -0.05) is 0 Å². The smallest absolute Gasteiger partial charge is 0.268 e. The van der Waals surface area contributed by atoms with Crippen LogP contribution >= 0.6 is 10.7 Å². The maximum absolute atomic E-state index is 12.5. The SMILES string of the molecule is Cc1ncc(S(=O)(=O)Cl)c(C(F)F)c1O. The molecule has 8 heteroatoms. The van der Waals surface area contributed by atoms with Crippen molar-refractivity contribution in [3.63, 3.8) is 0 Å². The second-order valence-electron chi connectivity index (χ2n) is 2.71. The van der Waals surface area contributed by atoms with Gasteiger partial charge in [0.25, 0.3) is 15.5 Å². The highest BCUT2D eigenvalue weighted by atomic mass is 35.7. The van der Waals surface area contributed by atoms with Crippen molar-refractivity contribution < 1.29 is 22.3 Å². The van der Waals surface area contributed by atoms with Crippen molar-refractivity contribution in [3.8, 4) is 5.75 Å². The first-order valence-electron chi connectivity index (χ1n) is 3.66. The minimum atomic E-state index is -4.35. The number of aromatic hydroxyl groups is 1. The molecule has 15 heavy (non-hydrogen) atoms. The van der Waals surface area contributed by atoms with Crippen LogP contribution in [0.3, 0.4) is 0 Å². The van der Waals surface area contributed by atoms with Gasteiger partial charge in [0, 0.05) is 16.9 Å². The molecule has 0 spiro atoms. The Balaban J connectivity index is 3.62. The van der Waals surface area contributed by atoms with Gasteiger partial charge in [-0.15, -0.1) is 0 Å². The lowest BCUT2D eigenvalue weighted by molar-refractivity contribution is 0.143. The molecule has 4 nitrogen and oxygen atoms in total. The molecule has 1 aromatic rings. The molecule has 0 radical (unpaired) electrons. The molecule has 84 valence electrons. The lowest BCUT2D eigenvalue weighted by Gasteiger charge is -2.09. The van der Waals surface area contributed by atoms with Crippen LogP contribution in [0.4, 0.5) is 8.78 Å². The summed E-state index contributed by atoms with van der Waals surface area (Å²) in [5, 5.41) is 9.25. The highest BCUT2D eigenvalue weighted by Crippen LogP contribution is 2.36.